The van der Waals surface area contributed by atoms with Gasteiger partial charge in [0.2, 0.25) is 5.91 Å². The standard InChI is InChI=1S/C16H26N4O3/c1-11(13(21)19-9-5-6-12(10-19)17-2)20-14(22)16(18-15(20)23)7-3-4-8-16/h11-12,17H,3-10H2,1-2H3,(H,18,23). The van der Waals surface area contributed by atoms with Crippen molar-refractivity contribution in [2.75, 3.05) is 20.1 Å². The number of rotatable bonds is 3. The molecule has 0 aromatic carbocycles. The highest BCUT2D eigenvalue weighted by Crippen LogP contribution is 2.36. The minimum Gasteiger partial charge on any atom is -0.339 e. The van der Waals surface area contributed by atoms with Crippen LogP contribution in [-0.4, -0.2) is 65.4 Å². The van der Waals surface area contributed by atoms with E-state index < -0.39 is 17.6 Å². The summed E-state index contributed by atoms with van der Waals surface area (Å²) in [5, 5.41) is 6.04. The Labute approximate surface area is 136 Å². The molecule has 1 saturated carbocycles. The van der Waals surface area contributed by atoms with Gasteiger partial charge in [-0.25, -0.2) is 9.69 Å². The van der Waals surface area contributed by atoms with E-state index >= 15 is 0 Å². The van der Waals surface area contributed by atoms with Crippen LogP contribution in [0.3, 0.4) is 0 Å². The fourth-order valence-corrected chi connectivity index (χ4v) is 4.10. The van der Waals surface area contributed by atoms with Crippen LogP contribution in [0.15, 0.2) is 0 Å². The first kappa shape index (κ1) is 16.2. The molecule has 2 atom stereocenters. The zero-order chi connectivity index (χ0) is 16.6. The van der Waals surface area contributed by atoms with Crippen molar-refractivity contribution in [3.63, 3.8) is 0 Å². The Balaban J connectivity index is 1.72. The molecule has 7 heteroatoms. The lowest BCUT2D eigenvalue weighted by atomic mass is 9.97. The highest BCUT2D eigenvalue weighted by atomic mass is 16.2. The quantitative estimate of drug-likeness (QED) is 0.739. The zero-order valence-corrected chi connectivity index (χ0v) is 13.9. The average molecular weight is 322 g/mol. The van der Waals surface area contributed by atoms with E-state index in [9.17, 15) is 14.4 Å². The summed E-state index contributed by atoms with van der Waals surface area (Å²) in [6.45, 7) is 2.99. The normalized spacial score (nSPS) is 28.3. The fourth-order valence-electron chi connectivity index (χ4n) is 4.10. The largest absolute Gasteiger partial charge is 0.339 e. The van der Waals surface area contributed by atoms with E-state index in [1.165, 1.54) is 0 Å². The summed E-state index contributed by atoms with van der Waals surface area (Å²) in [4.78, 5) is 40.7. The molecular weight excluding hydrogens is 296 g/mol. The lowest BCUT2D eigenvalue weighted by molar-refractivity contribution is -0.143. The molecule has 2 aliphatic heterocycles. The van der Waals surface area contributed by atoms with E-state index in [-0.39, 0.29) is 17.9 Å². The van der Waals surface area contributed by atoms with Gasteiger partial charge in [0.1, 0.15) is 11.6 Å². The van der Waals surface area contributed by atoms with E-state index in [4.69, 9.17) is 0 Å². The van der Waals surface area contributed by atoms with E-state index in [0.717, 1.165) is 30.6 Å². The van der Waals surface area contributed by atoms with Crippen LogP contribution in [-0.2, 0) is 9.59 Å². The maximum atomic E-state index is 12.8. The number of likely N-dealkylation sites (tertiary alicyclic amines) is 1. The molecule has 2 unspecified atom stereocenters. The molecule has 128 valence electrons. The highest BCUT2D eigenvalue weighted by molar-refractivity contribution is 6.09. The monoisotopic (exact) mass is 322 g/mol. The molecular formula is C16H26N4O3. The number of imide groups is 1. The molecule has 3 rings (SSSR count). The van der Waals surface area contributed by atoms with E-state index in [1.54, 1.807) is 11.8 Å². The fraction of sp³-hybridized carbons (Fsp3) is 0.812. The average Bonchev–Trinajstić information content (AvgIpc) is 3.12. The topological polar surface area (TPSA) is 81.8 Å². The van der Waals surface area contributed by atoms with E-state index in [2.05, 4.69) is 10.6 Å². The van der Waals surface area contributed by atoms with Gasteiger partial charge < -0.3 is 15.5 Å². The number of carbonyl (C=O) groups excluding carboxylic acids is 3. The SMILES string of the molecule is CNC1CCCN(C(=O)C(C)N2C(=O)NC3(CCCC3)C2=O)C1. The number of piperidine rings is 1. The molecule has 2 saturated heterocycles. The van der Waals surface area contributed by atoms with Crippen LogP contribution in [0.5, 0.6) is 0 Å². The van der Waals surface area contributed by atoms with Gasteiger partial charge in [-0.15, -0.1) is 0 Å². The molecule has 0 aromatic heterocycles. The molecule has 7 nitrogen and oxygen atoms in total. The smallest absolute Gasteiger partial charge is 0.325 e. The Hall–Kier alpha value is -1.63. The Morgan fingerprint density at radius 1 is 1.30 bits per heavy atom. The maximum Gasteiger partial charge on any atom is 0.325 e. The van der Waals surface area contributed by atoms with Crippen LogP contribution in [0.1, 0.15) is 45.4 Å². The summed E-state index contributed by atoms with van der Waals surface area (Å²) < 4.78 is 0. The van der Waals surface area contributed by atoms with Crippen molar-refractivity contribution in [1.82, 2.24) is 20.4 Å². The predicted octanol–water partition coefficient (Wildman–Crippen LogP) is 0.450. The number of nitrogens with zero attached hydrogens (tertiary/aromatic N) is 2. The van der Waals surface area contributed by atoms with Gasteiger partial charge in [-0.3, -0.25) is 9.59 Å². The van der Waals surface area contributed by atoms with Crippen molar-refractivity contribution in [2.24, 2.45) is 0 Å². The Morgan fingerprint density at radius 3 is 2.65 bits per heavy atom. The Morgan fingerprint density at radius 2 is 2.00 bits per heavy atom. The van der Waals surface area contributed by atoms with Gasteiger partial charge in [0.05, 0.1) is 0 Å². The summed E-state index contributed by atoms with van der Waals surface area (Å²) >= 11 is 0. The van der Waals surface area contributed by atoms with E-state index in [0.29, 0.717) is 25.9 Å². The highest BCUT2D eigenvalue weighted by Gasteiger charge is 2.54. The van der Waals surface area contributed by atoms with Gasteiger partial charge in [0.25, 0.3) is 5.91 Å². The second-order valence-corrected chi connectivity index (χ2v) is 6.98. The first-order valence-corrected chi connectivity index (χ1v) is 8.60. The van der Waals surface area contributed by atoms with Gasteiger partial charge in [0, 0.05) is 19.1 Å². The summed E-state index contributed by atoms with van der Waals surface area (Å²) in [5.74, 6) is -0.355. The van der Waals surface area contributed by atoms with Gasteiger partial charge in [0.15, 0.2) is 0 Å². The van der Waals surface area contributed by atoms with Crippen molar-refractivity contribution in [1.29, 1.82) is 0 Å². The minimum atomic E-state index is -0.749. The molecule has 2 N–H and O–H groups in total. The molecule has 3 fully saturated rings. The van der Waals surface area contributed by atoms with Crippen LogP contribution < -0.4 is 10.6 Å². The maximum absolute atomic E-state index is 12.8. The number of hydrogen-bond acceptors (Lipinski definition) is 4. The molecule has 3 aliphatic rings. The summed E-state index contributed by atoms with van der Waals surface area (Å²) in [7, 11) is 1.89. The Kier molecular flexibility index (Phi) is 4.31. The predicted molar refractivity (Wildman–Crippen MR) is 84.7 cm³/mol. The third-order valence-electron chi connectivity index (χ3n) is 5.54. The van der Waals surface area contributed by atoms with Gasteiger partial charge in [-0.2, -0.15) is 0 Å². The molecule has 23 heavy (non-hydrogen) atoms. The Bertz CT molecular complexity index is 515. The first-order chi connectivity index (χ1) is 11.0. The van der Waals surface area contributed by atoms with Crippen LogP contribution in [0, 0.1) is 0 Å². The van der Waals surface area contributed by atoms with Crippen LogP contribution >= 0.6 is 0 Å². The van der Waals surface area contributed by atoms with Gasteiger partial charge in [-0.05, 0) is 39.7 Å². The molecule has 0 radical (unpaired) electrons. The zero-order valence-electron chi connectivity index (χ0n) is 13.9. The number of nitrogens with one attached hydrogen (secondary N) is 2. The number of amides is 4. The summed E-state index contributed by atoms with van der Waals surface area (Å²) in [5.41, 5.74) is -0.749. The third-order valence-corrected chi connectivity index (χ3v) is 5.54. The molecule has 0 bridgehead atoms. The van der Waals surface area contributed by atoms with Crippen molar-refractivity contribution in [3.05, 3.63) is 0 Å². The third kappa shape index (κ3) is 2.71. The summed E-state index contributed by atoms with van der Waals surface area (Å²) in [6.07, 6.45) is 5.23. The second-order valence-electron chi connectivity index (χ2n) is 6.98. The van der Waals surface area contributed by atoms with Gasteiger partial charge in [-0.1, -0.05) is 12.8 Å². The molecule has 0 aromatic rings. The lowest BCUT2D eigenvalue weighted by Gasteiger charge is -2.35. The molecule has 2 heterocycles. The molecule has 4 amide bonds. The van der Waals surface area contributed by atoms with E-state index in [1.807, 2.05) is 7.05 Å². The van der Waals surface area contributed by atoms with Crippen LogP contribution in [0.25, 0.3) is 0 Å². The molecule has 1 aliphatic carbocycles. The van der Waals surface area contributed by atoms with Crippen molar-refractivity contribution in [2.45, 2.75) is 63.1 Å². The number of hydrogen-bond donors (Lipinski definition) is 2. The number of likely N-dealkylation sites (N-methyl/N-ethyl adjacent to an activating group) is 1. The number of carbonyl (C=O) groups is 3. The van der Waals surface area contributed by atoms with Crippen molar-refractivity contribution < 1.29 is 14.4 Å². The first-order valence-electron chi connectivity index (χ1n) is 8.60. The lowest BCUT2D eigenvalue weighted by Crippen LogP contribution is -2.55. The molecule has 1 spiro atoms. The number of urea groups is 1. The van der Waals surface area contributed by atoms with Crippen LogP contribution in [0.4, 0.5) is 4.79 Å². The van der Waals surface area contributed by atoms with Crippen molar-refractivity contribution >= 4 is 17.8 Å². The minimum absolute atomic E-state index is 0.136. The van der Waals surface area contributed by atoms with Gasteiger partial charge >= 0.3 is 6.03 Å². The van der Waals surface area contributed by atoms with Crippen LogP contribution in [0.2, 0.25) is 0 Å². The second kappa shape index (κ2) is 6.11. The van der Waals surface area contributed by atoms with Crippen molar-refractivity contribution in [3.8, 4) is 0 Å². The summed E-state index contributed by atoms with van der Waals surface area (Å²) in [6, 6.07) is -0.873.